The number of nitrogens with zero attached hydrogens (tertiary/aromatic N) is 6. The number of cyclic esters (lactones) is 6. The molecule has 3 aromatic rings. The van der Waals surface area contributed by atoms with Crippen molar-refractivity contribution in [1.29, 1.82) is 0 Å². The third-order valence-electron chi connectivity index (χ3n) is 16.0. The maximum atomic E-state index is 11.8. The smallest absolute Gasteiger partial charge is 0.417 e. The molecule has 6 aliphatic rings. The van der Waals surface area contributed by atoms with Crippen LogP contribution in [0.25, 0.3) is 0 Å². The average molecular weight is 1380 g/mol. The van der Waals surface area contributed by atoms with Crippen molar-refractivity contribution in [2.45, 2.75) is 149 Å². The first-order valence-corrected chi connectivity index (χ1v) is 32.0. The Morgan fingerprint density at radius 2 is 0.806 bits per heavy atom. The summed E-state index contributed by atoms with van der Waals surface area (Å²) in [6.07, 6.45) is -2.95. The van der Waals surface area contributed by atoms with E-state index in [1.54, 1.807) is 13.8 Å². The molecule has 6 saturated heterocycles. The topological polar surface area (TPSA) is 326 Å². The molecule has 540 valence electrons. The molecule has 0 aliphatic carbocycles. The first-order chi connectivity index (χ1) is 46.3. The van der Waals surface area contributed by atoms with E-state index in [0.717, 1.165) is 36.3 Å². The first-order valence-electron chi connectivity index (χ1n) is 32.0. The van der Waals surface area contributed by atoms with E-state index in [2.05, 4.69) is 0 Å². The molecule has 0 radical (unpaired) electrons. The number of hydrogen-bond donors (Lipinski definition) is 0. The standard InChI is InChI=1S/2C13H15NO4.C12H13NO4.C11H19NO4.C11H19NO3.C9H15NO4/c1-9-12(10-6-4-3-5-7-10)18-13(16)14(9)11(15)8-17-2;1-17-9-12(15)14-11(8-18-13(14)16)7-10-5-3-2-4-6-10;1-16-8-11(14)13-10(7-17-12(13)15)9-5-3-2-4-6-9;1-7(2)9-11(3,4)16-10(14)12(9)8(13)6-15-5;1-6-8(13)12-9(7(2)3)11(4,5)15-10(12)14;1-6(2)7-4-14-9(12)10(7)8(11)5-13-3/h3-7,9,12H,8H2,1-2H3;2-6,11H,7-9H2,1H3;2-6,10H,7-8H2,1H3;7,9H,6H2,1-5H3;7,9H,6H2,1-5H3;6-7H,4-5H2,1-3H3/t9-,12-;;10-;9-;;7-/m0.10.1/s1. The molecule has 6 aliphatic heterocycles. The largest absolute Gasteiger partial charge is 0.447 e. The highest BCUT2D eigenvalue weighted by Gasteiger charge is 2.53. The zero-order valence-electron chi connectivity index (χ0n) is 59.1. The summed E-state index contributed by atoms with van der Waals surface area (Å²) in [6, 6.07) is 26.9. The summed E-state index contributed by atoms with van der Waals surface area (Å²) in [5, 5.41) is 0. The molecular formula is C69H96N6O23. The van der Waals surface area contributed by atoms with Crippen LogP contribution in [0.3, 0.4) is 0 Å². The maximum Gasteiger partial charge on any atom is 0.417 e. The predicted molar refractivity (Wildman–Crippen MR) is 350 cm³/mol. The summed E-state index contributed by atoms with van der Waals surface area (Å²) in [7, 11) is 7.10. The summed E-state index contributed by atoms with van der Waals surface area (Å²) in [5.74, 6) is -1.44. The monoisotopic (exact) mass is 1380 g/mol. The third kappa shape index (κ3) is 21.5. The molecule has 3 aromatic carbocycles. The van der Waals surface area contributed by atoms with Crippen LogP contribution in [0.2, 0.25) is 0 Å². The van der Waals surface area contributed by atoms with Crippen molar-refractivity contribution in [2.24, 2.45) is 17.8 Å². The highest BCUT2D eigenvalue weighted by Crippen LogP contribution is 2.37. The van der Waals surface area contributed by atoms with Crippen LogP contribution in [0.5, 0.6) is 0 Å². The summed E-state index contributed by atoms with van der Waals surface area (Å²) in [5.41, 5.74) is 1.59. The van der Waals surface area contributed by atoms with E-state index in [0.29, 0.717) is 12.8 Å². The molecule has 0 N–H and O–H groups in total. The number of carbonyl (C=O) groups excluding carboxylic acids is 12. The fraction of sp³-hybridized carbons (Fsp3) is 0.565. The fourth-order valence-electron chi connectivity index (χ4n) is 11.9. The van der Waals surface area contributed by atoms with Crippen LogP contribution in [-0.2, 0) is 87.3 Å². The van der Waals surface area contributed by atoms with Crippen LogP contribution in [0.15, 0.2) is 91.0 Å². The van der Waals surface area contributed by atoms with Crippen LogP contribution < -0.4 is 0 Å². The lowest BCUT2D eigenvalue weighted by Gasteiger charge is -2.30. The maximum absolute atomic E-state index is 11.8. The number of methoxy groups -OCH3 is 5. The van der Waals surface area contributed by atoms with Gasteiger partial charge in [-0.3, -0.25) is 28.8 Å². The van der Waals surface area contributed by atoms with Crippen LogP contribution in [0.1, 0.15) is 118 Å². The van der Waals surface area contributed by atoms with Crippen molar-refractivity contribution < 1.29 is 110 Å². The zero-order chi connectivity index (χ0) is 73.4. The Hall–Kier alpha value is -8.90. The van der Waals surface area contributed by atoms with Gasteiger partial charge in [0.25, 0.3) is 29.5 Å². The fourth-order valence-corrected chi connectivity index (χ4v) is 11.9. The molecule has 0 bridgehead atoms. The SMILES string of the molecule is CCC(=O)N1C(=O)OC(C)(C)C1C(C)C.COCC(=O)N1C(=O)OC(C)(C)[C@@H]1C(C)C.COCC(=O)N1C(=O)OCC1Cc1ccccc1.COCC(=O)N1C(=O)OC[C@@H]1C(C)C.COCC(=O)N1C(=O)OC[C@@H]1c1ccccc1.COCC(=O)N1C(=O)O[C@H](c2ccccc2)[C@@H]1C. The summed E-state index contributed by atoms with van der Waals surface area (Å²) in [4.78, 5) is 146. The summed E-state index contributed by atoms with van der Waals surface area (Å²) >= 11 is 0. The Kier molecular flexibility index (Phi) is 31.9. The van der Waals surface area contributed by atoms with Crippen molar-refractivity contribution in [3.05, 3.63) is 108 Å². The average Bonchev–Trinajstić information content (AvgIpc) is 1.64. The lowest BCUT2D eigenvalue weighted by Crippen LogP contribution is -2.49. The van der Waals surface area contributed by atoms with Crippen LogP contribution in [0, 0.1) is 17.8 Å². The molecule has 0 aromatic heterocycles. The minimum Gasteiger partial charge on any atom is -0.447 e. The van der Waals surface area contributed by atoms with Crippen LogP contribution in [0.4, 0.5) is 28.8 Å². The van der Waals surface area contributed by atoms with Gasteiger partial charge in [-0.1, -0.05) is 139 Å². The van der Waals surface area contributed by atoms with Crippen molar-refractivity contribution in [2.75, 3.05) is 88.4 Å². The second kappa shape index (κ2) is 38.3. The molecule has 9 rings (SSSR count). The minimum atomic E-state index is -0.644. The summed E-state index contributed by atoms with van der Waals surface area (Å²) in [6.45, 7) is 22.8. The van der Waals surface area contributed by atoms with Gasteiger partial charge in [-0.25, -0.2) is 58.2 Å². The number of imide groups is 6. The molecule has 2 unspecified atom stereocenters. The highest BCUT2D eigenvalue weighted by atomic mass is 16.6. The molecule has 98 heavy (non-hydrogen) atoms. The first kappa shape index (κ1) is 81.5. The normalized spacial score (nSPS) is 21.7. The van der Waals surface area contributed by atoms with Gasteiger partial charge in [0.15, 0.2) is 0 Å². The third-order valence-corrected chi connectivity index (χ3v) is 16.0. The van der Waals surface area contributed by atoms with E-state index in [1.165, 1.54) is 45.3 Å². The lowest BCUT2D eigenvalue weighted by molar-refractivity contribution is -0.135. The Balaban J connectivity index is 0.000000250. The lowest BCUT2D eigenvalue weighted by atomic mass is 9.89. The Morgan fingerprint density at radius 1 is 0.439 bits per heavy atom. The van der Waals surface area contributed by atoms with Gasteiger partial charge < -0.3 is 52.1 Å². The van der Waals surface area contributed by atoms with Gasteiger partial charge in [0.05, 0.1) is 30.2 Å². The number of ether oxygens (including phenoxy) is 11. The Bertz CT molecular complexity index is 3170. The van der Waals surface area contributed by atoms with Gasteiger partial charge >= 0.3 is 36.6 Å². The van der Waals surface area contributed by atoms with E-state index in [4.69, 9.17) is 52.1 Å². The van der Waals surface area contributed by atoms with Gasteiger partial charge in [-0.2, -0.15) is 0 Å². The van der Waals surface area contributed by atoms with Crippen molar-refractivity contribution in [3.8, 4) is 0 Å². The molecule has 29 nitrogen and oxygen atoms in total. The van der Waals surface area contributed by atoms with Gasteiger partial charge in [0.2, 0.25) is 5.91 Å². The van der Waals surface area contributed by atoms with Crippen molar-refractivity contribution in [1.82, 2.24) is 29.4 Å². The molecule has 29 heteroatoms. The summed E-state index contributed by atoms with van der Waals surface area (Å²) < 4.78 is 54.1. The molecule has 6 heterocycles. The van der Waals surface area contributed by atoms with E-state index >= 15 is 0 Å². The second-order valence-electron chi connectivity index (χ2n) is 25.2. The van der Waals surface area contributed by atoms with Gasteiger partial charge in [-0.05, 0) is 75.5 Å². The van der Waals surface area contributed by atoms with E-state index in [9.17, 15) is 57.5 Å². The quantitative estimate of drug-likeness (QED) is 0.108. The molecule has 12 amide bonds. The minimum absolute atomic E-state index is 0.0850. The van der Waals surface area contributed by atoms with E-state index < -0.39 is 53.9 Å². The number of amides is 12. The second-order valence-corrected chi connectivity index (χ2v) is 25.2. The molecule has 0 saturated carbocycles. The molecular weight excluding hydrogens is 1280 g/mol. The molecule has 6 fully saturated rings. The number of hydrogen-bond acceptors (Lipinski definition) is 23. The van der Waals surface area contributed by atoms with Crippen LogP contribution >= 0.6 is 0 Å². The zero-order valence-corrected chi connectivity index (χ0v) is 59.1. The highest BCUT2D eigenvalue weighted by molar-refractivity contribution is 5.97. The number of benzene rings is 3. The van der Waals surface area contributed by atoms with Crippen molar-refractivity contribution in [3.63, 3.8) is 0 Å². The van der Waals surface area contributed by atoms with E-state index in [-0.39, 0.29) is 142 Å². The van der Waals surface area contributed by atoms with E-state index in [1.807, 2.05) is 160 Å². The Morgan fingerprint density at radius 3 is 1.24 bits per heavy atom. The van der Waals surface area contributed by atoms with Gasteiger partial charge in [-0.15, -0.1) is 0 Å². The number of rotatable bonds is 18. The van der Waals surface area contributed by atoms with Crippen molar-refractivity contribution >= 4 is 72.0 Å². The molecule has 0 spiro atoms. The van der Waals surface area contributed by atoms with Gasteiger partial charge in [0.1, 0.15) is 76.2 Å². The number of carbonyl (C=O) groups is 12. The molecule has 7 atom stereocenters. The predicted octanol–water partition coefficient (Wildman–Crippen LogP) is 8.55. The Labute approximate surface area is 572 Å². The van der Waals surface area contributed by atoms with Crippen LogP contribution in [-0.4, -0.2) is 231 Å². The van der Waals surface area contributed by atoms with Gasteiger partial charge in [0, 0.05) is 42.0 Å².